The SMILES string of the molecule is C=C(C)C=O.COCCc1cc(-c2ccc(C)cc2F)ccc1CO. The fourth-order valence-electron chi connectivity index (χ4n) is 2.25. The molecule has 2 aromatic carbocycles. The smallest absolute Gasteiger partial charge is 0.145 e. The third kappa shape index (κ3) is 6.61. The van der Waals surface area contributed by atoms with Crippen LogP contribution in [0.1, 0.15) is 23.6 Å². The number of ether oxygens (including phenoxy) is 1. The molecular weight excluding hydrogens is 319 g/mol. The Morgan fingerprint density at radius 1 is 1.24 bits per heavy atom. The van der Waals surface area contributed by atoms with Crippen molar-refractivity contribution in [2.24, 2.45) is 0 Å². The number of allylic oxidation sites excluding steroid dienone is 1. The van der Waals surface area contributed by atoms with Crippen molar-refractivity contribution < 1.29 is 19.0 Å². The van der Waals surface area contributed by atoms with Gasteiger partial charge in [-0.15, -0.1) is 0 Å². The van der Waals surface area contributed by atoms with E-state index in [1.54, 1.807) is 20.1 Å². The molecule has 0 aliphatic carbocycles. The first-order chi connectivity index (χ1) is 11.9. The van der Waals surface area contributed by atoms with Gasteiger partial charge in [-0.25, -0.2) is 4.39 Å². The van der Waals surface area contributed by atoms with Crippen molar-refractivity contribution in [2.75, 3.05) is 13.7 Å². The monoisotopic (exact) mass is 344 g/mol. The number of methoxy groups -OCH3 is 1. The van der Waals surface area contributed by atoms with Gasteiger partial charge in [0, 0.05) is 12.7 Å². The van der Waals surface area contributed by atoms with Crippen molar-refractivity contribution in [3.63, 3.8) is 0 Å². The molecular formula is C21H25FO3. The molecule has 0 amide bonds. The van der Waals surface area contributed by atoms with Gasteiger partial charge in [0.2, 0.25) is 0 Å². The third-order valence-corrected chi connectivity index (χ3v) is 3.59. The summed E-state index contributed by atoms with van der Waals surface area (Å²) in [5, 5.41) is 9.36. The first-order valence-electron chi connectivity index (χ1n) is 8.01. The fraction of sp³-hybridized carbons (Fsp3) is 0.286. The van der Waals surface area contributed by atoms with Crippen molar-refractivity contribution in [1.82, 2.24) is 0 Å². The molecule has 3 nitrogen and oxygen atoms in total. The van der Waals surface area contributed by atoms with Crippen LogP contribution >= 0.6 is 0 Å². The van der Waals surface area contributed by atoms with E-state index in [1.165, 1.54) is 6.07 Å². The molecule has 2 aromatic rings. The number of aryl methyl sites for hydroxylation is 1. The van der Waals surface area contributed by atoms with Crippen LogP contribution in [0.4, 0.5) is 4.39 Å². The van der Waals surface area contributed by atoms with E-state index in [4.69, 9.17) is 4.74 Å². The molecule has 0 radical (unpaired) electrons. The molecule has 0 spiro atoms. The Bertz CT molecular complexity index is 723. The number of carbonyl (C=O) groups excluding carboxylic acids is 1. The van der Waals surface area contributed by atoms with Crippen molar-refractivity contribution in [3.05, 3.63) is 71.1 Å². The van der Waals surface area contributed by atoms with E-state index in [0.717, 1.165) is 28.5 Å². The standard InChI is InChI=1S/C17H19FO2.C4H6O/c1-12-3-6-16(17(18)9-12)14-4-5-15(11-19)13(10-14)7-8-20-2;1-4(2)3-5/h3-6,9-10,19H,7-8,11H2,1-2H3;3H,1H2,2H3. The lowest BCUT2D eigenvalue weighted by molar-refractivity contribution is -0.104. The van der Waals surface area contributed by atoms with Crippen molar-refractivity contribution in [1.29, 1.82) is 0 Å². The topological polar surface area (TPSA) is 46.5 Å². The minimum Gasteiger partial charge on any atom is -0.392 e. The van der Waals surface area contributed by atoms with Gasteiger partial charge in [0.15, 0.2) is 0 Å². The van der Waals surface area contributed by atoms with Gasteiger partial charge in [0.25, 0.3) is 0 Å². The Hall–Kier alpha value is -2.30. The zero-order valence-electron chi connectivity index (χ0n) is 15.0. The van der Waals surface area contributed by atoms with E-state index < -0.39 is 0 Å². The summed E-state index contributed by atoms with van der Waals surface area (Å²) in [6.45, 7) is 7.39. The zero-order chi connectivity index (χ0) is 18.8. The van der Waals surface area contributed by atoms with Crippen molar-refractivity contribution in [2.45, 2.75) is 26.9 Å². The molecule has 0 bridgehead atoms. The molecule has 0 unspecified atom stereocenters. The Kier molecular flexibility index (Phi) is 8.75. The van der Waals surface area contributed by atoms with E-state index in [9.17, 15) is 14.3 Å². The summed E-state index contributed by atoms with van der Waals surface area (Å²) in [7, 11) is 1.64. The van der Waals surface area contributed by atoms with Crippen LogP contribution in [0.25, 0.3) is 11.1 Å². The van der Waals surface area contributed by atoms with Crippen LogP contribution < -0.4 is 0 Å². The van der Waals surface area contributed by atoms with E-state index >= 15 is 0 Å². The number of hydrogen-bond acceptors (Lipinski definition) is 3. The maximum absolute atomic E-state index is 14.0. The highest BCUT2D eigenvalue weighted by molar-refractivity contribution is 5.70. The number of rotatable bonds is 6. The van der Waals surface area contributed by atoms with Crippen LogP contribution in [0, 0.1) is 12.7 Å². The molecule has 0 fully saturated rings. The molecule has 1 N–H and O–H groups in total. The summed E-state index contributed by atoms with van der Waals surface area (Å²) in [4.78, 5) is 9.41. The Labute approximate surface area is 148 Å². The van der Waals surface area contributed by atoms with E-state index in [0.29, 0.717) is 24.2 Å². The van der Waals surface area contributed by atoms with Crippen LogP contribution in [0.5, 0.6) is 0 Å². The highest BCUT2D eigenvalue weighted by Crippen LogP contribution is 2.26. The lowest BCUT2D eigenvalue weighted by atomic mass is 9.97. The number of benzene rings is 2. The summed E-state index contributed by atoms with van der Waals surface area (Å²) < 4.78 is 19.1. The lowest BCUT2D eigenvalue weighted by Gasteiger charge is -2.11. The van der Waals surface area contributed by atoms with Gasteiger partial charge in [0.1, 0.15) is 12.1 Å². The zero-order valence-corrected chi connectivity index (χ0v) is 15.0. The van der Waals surface area contributed by atoms with E-state index in [2.05, 4.69) is 6.58 Å². The third-order valence-electron chi connectivity index (χ3n) is 3.59. The number of halogens is 1. The molecule has 25 heavy (non-hydrogen) atoms. The van der Waals surface area contributed by atoms with Crippen LogP contribution in [-0.2, 0) is 22.6 Å². The first kappa shape index (κ1) is 20.7. The van der Waals surface area contributed by atoms with Crippen LogP contribution in [0.15, 0.2) is 48.6 Å². The number of aldehydes is 1. The van der Waals surface area contributed by atoms with Gasteiger partial charge in [-0.2, -0.15) is 0 Å². The first-order valence-corrected chi connectivity index (χ1v) is 8.01. The molecule has 0 heterocycles. The minimum atomic E-state index is -0.223. The lowest BCUT2D eigenvalue weighted by Crippen LogP contribution is -2.00. The highest BCUT2D eigenvalue weighted by atomic mass is 19.1. The highest BCUT2D eigenvalue weighted by Gasteiger charge is 2.09. The summed E-state index contributed by atoms with van der Waals surface area (Å²) in [6.07, 6.45) is 1.42. The van der Waals surface area contributed by atoms with Gasteiger partial charge in [0.05, 0.1) is 13.2 Å². The molecule has 0 saturated heterocycles. The van der Waals surface area contributed by atoms with E-state index in [-0.39, 0.29) is 12.4 Å². The summed E-state index contributed by atoms with van der Waals surface area (Å²) in [5.41, 5.74) is 4.73. The van der Waals surface area contributed by atoms with Crippen molar-refractivity contribution >= 4 is 6.29 Å². The number of aliphatic hydroxyl groups excluding tert-OH is 1. The average molecular weight is 344 g/mol. The second-order valence-electron chi connectivity index (χ2n) is 5.83. The van der Waals surface area contributed by atoms with Gasteiger partial charge in [-0.1, -0.05) is 36.9 Å². The second-order valence-corrected chi connectivity index (χ2v) is 5.83. The van der Waals surface area contributed by atoms with Crippen LogP contribution in [0.3, 0.4) is 0 Å². The van der Waals surface area contributed by atoms with E-state index in [1.807, 2.05) is 31.2 Å². The predicted octanol–water partition coefficient (Wildman–Crippen LogP) is 4.24. The molecule has 134 valence electrons. The molecule has 4 heteroatoms. The average Bonchev–Trinajstić information content (AvgIpc) is 2.60. The number of aliphatic hydroxyl groups is 1. The molecule has 0 saturated carbocycles. The Morgan fingerprint density at radius 2 is 1.92 bits per heavy atom. The Balaban J connectivity index is 0.000000550. The summed E-state index contributed by atoms with van der Waals surface area (Å²) >= 11 is 0. The molecule has 0 aromatic heterocycles. The molecule has 0 aliphatic rings. The summed E-state index contributed by atoms with van der Waals surface area (Å²) in [5.74, 6) is -0.223. The maximum atomic E-state index is 14.0. The number of carbonyl (C=O) groups is 1. The predicted molar refractivity (Wildman–Crippen MR) is 99.0 cm³/mol. The summed E-state index contributed by atoms with van der Waals surface area (Å²) in [6, 6.07) is 10.8. The Morgan fingerprint density at radius 3 is 2.44 bits per heavy atom. The van der Waals surface area contributed by atoms with Crippen LogP contribution in [0.2, 0.25) is 0 Å². The molecule has 2 rings (SSSR count). The minimum absolute atomic E-state index is 0.0181. The van der Waals surface area contributed by atoms with Crippen molar-refractivity contribution in [3.8, 4) is 11.1 Å². The number of hydrogen-bond donors (Lipinski definition) is 1. The maximum Gasteiger partial charge on any atom is 0.145 e. The largest absolute Gasteiger partial charge is 0.392 e. The second kappa shape index (κ2) is 10.5. The molecule has 0 aliphatic heterocycles. The normalized spacial score (nSPS) is 9.96. The van der Waals surface area contributed by atoms with Crippen LogP contribution in [-0.4, -0.2) is 25.1 Å². The fourth-order valence-corrected chi connectivity index (χ4v) is 2.25. The van der Waals surface area contributed by atoms with Gasteiger partial charge in [-0.3, -0.25) is 4.79 Å². The molecule has 0 atom stereocenters. The van der Waals surface area contributed by atoms with Gasteiger partial charge >= 0.3 is 0 Å². The van der Waals surface area contributed by atoms with Gasteiger partial charge in [-0.05, 0) is 54.2 Å². The quantitative estimate of drug-likeness (QED) is 0.630. The van der Waals surface area contributed by atoms with Gasteiger partial charge < -0.3 is 9.84 Å².